The summed E-state index contributed by atoms with van der Waals surface area (Å²) in [5.74, 6) is -0.255. The second kappa shape index (κ2) is 14.4. The Kier molecular flexibility index (Phi) is 10.4. The molecule has 0 radical (unpaired) electrons. The van der Waals surface area contributed by atoms with Gasteiger partial charge in [-0.3, -0.25) is 0 Å². The first-order chi connectivity index (χ1) is 19.9. The molecule has 0 heterocycles. The van der Waals surface area contributed by atoms with E-state index in [4.69, 9.17) is 9.47 Å². The molecule has 0 bridgehead atoms. The molecular weight excluding hydrogens is 510 g/mol. The van der Waals surface area contributed by atoms with Gasteiger partial charge in [-0.25, -0.2) is 4.79 Å². The smallest absolute Gasteiger partial charge is 0.339 e. The number of carboxylic acid groups (broad SMARTS) is 1. The van der Waals surface area contributed by atoms with E-state index in [9.17, 15) is 9.90 Å². The Labute approximate surface area is 244 Å². The van der Waals surface area contributed by atoms with Crippen LogP contribution in [0, 0.1) is 0 Å². The van der Waals surface area contributed by atoms with Gasteiger partial charge in [0, 0.05) is 18.3 Å². The summed E-state index contributed by atoms with van der Waals surface area (Å²) in [6.45, 7) is 7.83. The molecule has 0 atom stereocenters. The van der Waals surface area contributed by atoms with E-state index in [1.807, 2.05) is 12.1 Å². The SMILES string of the molecule is CCCCCc1ccc(N(Cc2cccc(-c3ccc(COc4ccc(OC)cc4C(=O)O)cc3)c2)C(C)C)cc1. The average molecular weight is 552 g/mol. The van der Waals surface area contributed by atoms with E-state index in [1.54, 1.807) is 12.1 Å². The normalized spacial score (nSPS) is 11.0. The Balaban J connectivity index is 1.42. The number of benzene rings is 4. The highest BCUT2D eigenvalue weighted by Gasteiger charge is 2.14. The number of hydrogen-bond acceptors (Lipinski definition) is 4. The predicted molar refractivity (Wildman–Crippen MR) is 167 cm³/mol. The van der Waals surface area contributed by atoms with Crippen LogP contribution < -0.4 is 14.4 Å². The highest BCUT2D eigenvalue weighted by molar-refractivity contribution is 5.91. The largest absolute Gasteiger partial charge is 0.497 e. The molecule has 0 saturated heterocycles. The van der Waals surface area contributed by atoms with Gasteiger partial charge < -0.3 is 19.5 Å². The van der Waals surface area contributed by atoms with E-state index >= 15 is 0 Å². The van der Waals surface area contributed by atoms with Crippen LogP contribution in [0.1, 0.15) is 67.1 Å². The van der Waals surface area contributed by atoms with Gasteiger partial charge in [0.25, 0.3) is 0 Å². The zero-order valence-electron chi connectivity index (χ0n) is 24.6. The number of nitrogens with zero attached hydrogens (tertiary/aromatic N) is 1. The molecular formula is C36H41NO4. The van der Waals surface area contributed by atoms with Crippen LogP contribution in [0.5, 0.6) is 11.5 Å². The second-order valence-corrected chi connectivity index (χ2v) is 10.7. The van der Waals surface area contributed by atoms with E-state index in [-0.39, 0.29) is 12.2 Å². The van der Waals surface area contributed by atoms with Crippen molar-refractivity contribution in [3.05, 3.63) is 113 Å². The van der Waals surface area contributed by atoms with Gasteiger partial charge in [0.1, 0.15) is 23.7 Å². The Hall–Kier alpha value is -4.25. The lowest BCUT2D eigenvalue weighted by Gasteiger charge is -2.29. The van der Waals surface area contributed by atoms with E-state index in [0.717, 1.165) is 29.7 Å². The van der Waals surface area contributed by atoms with Crippen molar-refractivity contribution in [2.45, 2.75) is 65.6 Å². The lowest BCUT2D eigenvalue weighted by atomic mass is 10.0. The minimum atomic E-state index is -1.05. The number of methoxy groups -OCH3 is 1. The van der Waals surface area contributed by atoms with Crippen molar-refractivity contribution in [2.24, 2.45) is 0 Å². The van der Waals surface area contributed by atoms with Gasteiger partial charge in [0.2, 0.25) is 0 Å². The molecule has 0 spiro atoms. The lowest BCUT2D eigenvalue weighted by Crippen LogP contribution is -2.30. The van der Waals surface area contributed by atoms with Gasteiger partial charge in [0.05, 0.1) is 7.11 Å². The Bertz CT molecular complexity index is 1410. The predicted octanol–water partition coefficient (Wildman–Crippen LogP) is 8.79. The zero-order chi connectivity index (χ0) is 29.2. The van der Waals surface area contributed by atoms with Crippen LogP contribution in [-0.4, -0.2) is 24.2 Å². The summed E-state index contributed by atoms with van der Waals surface area (Å²) < 4.78 is 11.0. The quantitative estimate of drug-likeness (QED) is 0.159. The van der Waals surface area contributed by atoms with Crippen LogP contribution in [0.15, 0.2) is 91.0 Å². The summed E-state index contributed by atoms with van der Waals surface area (Å²) in [6, 6.07) is 31.2. The molecule has 0 aliphatic heterocycles. The molecule has 5 nitrogen and oxygen atoms in total. The molecule has 5 heteroatoms. The third kappa shape index (κ3) is 8.14. The van der Waals surface area contributed by atoms with Crippen LogP contribution in [-0.2, 0) is 19.6 Å². The monoisotopic (exact) mass is 551 g/mol. The number of aryl methyl sites for hydroxylation is 1. The molecule has 4 rings (SSSR count). The van der Waals surface area contributed by atoms with Crippen molar-refractivity contribution in [1.29, 1.82) is 0 Å². The van der Waals surface area contributed by atoms with Gasteiger partial charge in [-0.2, -0.15) is 0 Å². The molecule has 0 aliphatic carbocycles. The topological polar surface area (TPSA) is 59.0 Å². The van der Waals surface area contributed by atoms with E-state index in [0.29, 0.717) is 17.5 Å². The first-order valence-electron chi connectivity index (χ1n) is 14.5. The number of anilines is 1. The van der Waals surface area contributed by atoms with E-state index < -0.39 is 5.97 Å². The molecule has 0 aliphatic rings. The molecule has 0 fully saturated rings. The third-order valence-corrected chi connectivity index (χ3v) is 7.34. The first-order valence-corrected chi connectivity index (χ1v) is 14.5. The van der Waals surface area contributed by atoms with Gasteiger partial charge in [-0.1, -0.05) is 74.4 Å². The van der Waals surface area contributed by atoms with Crippen molar-refractivity contribution in [3.8, 4) is 22.6 Å². The minimum Gasteiger partial charge on any atom is -0.497 e. The van der Waals surface area contributed by atoms with Crippen LogP contribution in [0.3, 0.4) is 0 Å². The summed E-state index contributed by atoms with van der Waals surface area (Å²) >= 11 is 0. The van der Waals surface area contributed by atoms with Crippen molar-refractivity contribution in [2.75, 3.05) is 12.0 Å². The van der Waals surface area contributed by atoms with Crippen molar-refractivity contribution in [3.63, 3.8) is 0 Å². The van der Waals surface area contributed by atoms with Crippen LogP contribution in [0.4, 0.5) is 5.69 Å². The number of ether oxygens (including phenoxy) is 2. The summed E-state index contributed by atoms with van der Waals surface area (Å²) in [4.78, 5) is 14.1. The molecule has 41 heavy (non-hydrogen) atoms. The van der Waals surface area contributed by atoms with E-state index in [1.165, 1.54) is 49.3 Å². The zero-order valence-corrected chi connectivity index (χ0v) is 24.6. The number of hydrogen-bond donors (Lipinski definition) is 1. The fourth-order valence-electron chi connectivity index (χ4n) is 4.93. The molecule has 0 unspecified atom stereocenters. The number of aromatic carboxylic acids is 1. The Morgan fingerprint density at radius 1 is 0.829 bits per heavy atom. The highest BCUT2D eigenvalue weighted by atomic mass is 16.5. The van der Waals surface area contributed by atoms with Crippen LogP contribution >= 0.6 is 0 Å². The maximum Gasteiger partial charge on any atom is 0.339 e. The lowest BCUT2D eigenvalue weighted by molar-refractivity contribution is 0.0691. The molecule has 0 saturated carbocycles. The summed E-state index contributed by atoms with van der Waals surface area (Å²) in [5, 5.41) is 9.53. The third-order valence-electron chi connectivity index (χ3n) is 7.34. The van der Waals surface area contributed by atoms with Crippen molar-refractivity contribution < 1.29 is 19.4 Å². The molecule has 0 amide bonds. The molecule has 0 aromatic heterocycles. The minimum absolute atomic E-state index is 0.0798. The van der Waals surface area contributed by atoms with Crippen LogP contribution in [0.25, 0.3) is 11.1 Å². The summed E-state index contributed by atoms with van der Waals surface area (Å²) in [7, 11) is 1.51. The van der Waals surface area contributed by atoms with Gasteiger partial charge in [0.15, 0.2) is 0 Å². The first kappa shape index (κ1) is 29.7. The Morgan fingerprint density at radius 2 is 1.56 bits per heavy atom. The maximum atomic E-state index is 11.6. The molecule has 4 aromatic carbocycles. The maximum absolute atomic E-state index is 11.6. The fourth-order valence-corrected chi connectivity index (χ4v) is 4.93. The molecule has 214 valence electrons. The number of carboxylic acids is 1. The van der Waals surface area contributed by atoms with Gasteiger partial charge in [-0.05, 0) is 90.9 Å². The van der Waals surface area contributed by atoms with Crippen molar-refractivity contribution >= 4 is 11.7 Å². The fraction of sp³-hybridized carbons (Fsp3) is 0.306. The Morgan fingerprint density at radius 3 is 2.22 bits per heavy atom. The van der Waals surface area contributed by atoms with Crippen molar-refractivity contribution in [1.82, 2.24) is 0 Å². The molecule has 1 N–H and O–H groups in total. The average Bonchev–Trinajstić information content (AvgIpc) is 2.99. The number of carbonyl (C=O) groups is 1. The van der Waals surface area contributed by atoms with E-state index in [2.05, 4.69) is 86.3 Å². The highest BCUT2D eigenvalue weighted by Crippen LogP contribution is 2.27. The molecule has 4 aromatic rings. The second-order valence-electron chi connectivity index (χ2n) is 10.7. The summed E-state index contributed by atoms with van der Waals surface area (Å²) in [5.41, 5.74) is 7.24. The van der Waals surface area contributed by atoms with Gasteiger partial charge in [-0.15, -0.1) is 0 Å². The summed E-state index contributed by atoms with van der Waals surface area (Å²) in [6.07, 6.45) is 4.92. The number of unbranched alkanes of at least 4 members (excludes halogenated alkanes) is 2. The number of rotatable bonds is 14. The van der Waals surface area contributed by atoms with Crippen LogP contribution in [0.2, 0.25) is 0 Å². The standard InChI is InChI=1S/C36H41NO4/c1-5-6-7-9-27-14-18-32(19-15-27)37(26(2)3)24-29-10-8-11-31(22-29)30-16-12-28(13-17-30)25-41-35-21-20-33(40-4)23-34(35)36(38)39/h8,10-23,26H,5-7,9,24-25H2,1-4H3,(H,38,39). The van der Waals surface area contributed by atoms with Gasteiger partial charge >= 0.3 is 5.97 Å².